The van der Waals surface area contributed by atoms with E-state index in [2.05, 4.69) is 54.6 Å². The Balaban J connectivity index is 1.90. The molecule has 1 aliphatic carbocycles. The van der Waals surface area contributed by atoms with Crippen molar-refractivity contribution in [1.82, 2.24) is 0 Å². The predicted octanol–water partition coefficient (Wildman–Crippen LogP) is 4.12. The van der Waals surface area contributed by atoms with Crippen molar-refractivity contribution < 1.29 is 20.1 Å². The Bertz CT molecular complexity index is 792. The van der Waals surface area contributed by atoms with Gasteiger partial charge in [-0.1, -0.05) is 0 Å². The van der Waals surface area contributed by atoms with Crippen LogP contribution in [0.3, 0.4) is 0 Å². The first kappa shape index (κ1) is 25.8. The average Bonchev–Trinajstić information content (AvgIpc) is 3.04. The summed E-state index contributed by atoms with van der Waals surface area (Å²) in [5.74, 6) is 1.55. The van der Waals surface area contributed by atoms with Gasteiger partial charge < -0.3 is 0 Å². The normalized spacial score (nSPS) is 24.7. The third kappa shape index (κ3) is 8.51. The van der Waals surface area contributed by atoms with Gasteiger partial charge in [-0.2, -0.15) is 0 Å². The Morgan fingerprint density at radius 3 is 2.81 bits per heavy atom. The molecule has 5 atom stereocenters. The molecule has 1 unspecified atom stereocenters. The Labute approximate surface area is 195 Å². The summed E-state index contributed by atoms with van der Waals surface area (Å²) in [5.41, 5.74) is 2.39. The quantitative estimate of drug-likeness (QED) is 0.235. The van der Waals surface area contributed by atoms with Gasteiger partial charge in [-0.3, -0.25) is 0 Å². The molecule has 0 radical (unpaired) electrons. The number of benzene rings is 1. The van der Waals surface area contributed by atoms with E-state index in [0.717, 1.165) is 23.7 Å². The van der Waals surface area contributed by atoms with Gasteiger partial charge in [0.1, 0.15) is 0 Å². The van der Waals surface area contributed by atoms with Gasteiger partial charge in [0, 0.05) is 0 Å². The third-order valence-corrected chi connectivity index (χ3v) is 7.01. The first-order valence-electron chi connectivity index (χ1n) is 11.1. The van der Waals surface area contributed by atoms with E-state index in [9.17, 15) is 15.0 Å². The molecule has 1 aliphatic rings. The van der Waals surface area contributed by atoms with Gasteiger partial charge in [0.2, 0.25) is 0 Å². The van der Waals surface area contributed by atoms with Crippen LogP contribution in [0.25, 0.3) is 0 Å². The van der Waals surface area contributed by atoms with Crippen molar-refractivity contribution >= 4 is 35.4 Å². The molecule has 1 aromatic carbocycles. The van der Waals surface area contributed by atoms with Crippen molar-refractivity contribution in [2.45, 2.75) is 64.1 Å². The van der Waals surface area contributed by atoms with E-state index in [-0.39, 0.29) is 24.2 Å². The van der Waals surface area contributed by atoms with Crippen LogP contribution in [0.5, 0.6) is 0 Å². The number of aliphatic hydroxyl groups is 2. The van der Waals surface area contributed by atoms with Gasteiger partial charge in [-0.05, 0) is 6.92 Å². The molecule has 1 fully saturated rings. The Kier molecular flexibility index (Phi) is 10.9. The fourth-order valence-corrected chi connectivity index (χ4v) is 4.67. The van der Waals surface area contributed by atoms with Crippen LogP contribution < -0.4 is 0 Å². The topological polar surface area (TPSA) is 77.8 Å². The van der Waals surface area contributed by atoms with Crippen molar-refractivity contribution in [3.63, 3.8) is 0 Å². The number of carbonyl (C=O) groups is 1. The molecule has 2 rings (SSSR count). The number of aliphatic carboxylic acids is 1. The van der Waals surface area contributed by atoms with E-state index in [1.54, 1.807) is 0 Å². The number of carboxylic acid groups (broad SMARTS) is 1. The molecule has 0 heterocycles. The SMILES string of the molecule is B=C[C@@H]1CC(O)[C@H](C/C=C\CCCC(=O)O)[C@H]1/C=C/[C@@H](O)CCc1ccc(C)c(Br)c1. The van der Waals surface area contributed by atoms with E-state index < -0.39 is 18.2 Å². The van der Waals surface area contributed by atoms with Crippen LogP contribution >= 0.6 is 15.9 Å². The van der Waals surface area contributed by atoms with E-state index in [1.165, 1.54) is 11.1 Å². The summed E-state index contributed by atoms with van der Waals surface area (Å²) >= 11 is 3.55. The van der Waals surface area contributed by atoms with Crippen LogP contribution in [0.4, 0.5) is 0 Å². The molecule has 4 nitrogen and oxygen atoms in total. The molecular weight excluding hydrogens is 455 g/mol. The zero-order valence-corrected chi connectivity index (χ0v) is 19.9. The van der Waals surface area contributed by atoms with Crippen LogP contribution in [-0.2, 0) is 11.2 Å². The number of carboxylic acids is 1. The minimum absolute atomic E-state index is 0.0789. The minimum atomic E-state index is -0.771. The summed E-state index contributed by atoms with van der Waals surface area (Å²) in [6, 6.07) is 6.28. The van der Waals surface area contributed by atoms with Crippen LogP contribution in [0.15, 0.2) is 47.0 Å². The molecule has 0 amide bonds. The van der Waals surface area contributed by atoms with Crippen LogP contribution in [0.1, 0.15) is 49.7 Å². The maximum atomic E-state index is 10.6. The van der Waals surface area contributed by atoms with Gasteiger partial charge in [-0.25, -0.2) is 0 Å². The number of allylic oxidation sites excluding steroid dienone is 3. The second-order valence-electron chi connectivity index (χ2n) is 8.51. The number of aliphatic hydroxyl groups excluding tert-OH is 2. The summed E-state index contributed by atoms with van der Waals surface area (Å²) < 4.78 is 1.09. The van der Waals surface area contributed by atoms with Crippen molar-refractivity contribution in [3.05, 3.63) is 58.1 Å². The third-order valence-electron chi connectivity index (χ3n) is 6.16. The Morgan fingerprint density at radius 2 is 2.13 bits per heavy atom. The number of hydrogen-bond acceptors (Lipinski definition) is 3. The van der Waals surface area contributed by atoms with Crippen molar-refractivity contribution in [1.29, 1.82) is 0 Å². The molecule has 168 valence electrons. The molecule has 31 heavy (non-hydrogen) atoms. The number of rotatable bonds is 12. The molecular formula is C25H34BBrO4. The standard InChI is InChI=1S/C25H34BBrO4/c1-17-8-9-18(14-23(17)27)10-11-20(28)12-13-21-19(16-26)15-24(29)22(21)6-4-2-3-5-7-25(30)31/h2,4,8-9,12-14,16,19-22,24,26,28-29H,3,5-7,10-11,15H2,1H3,(H,30,31)/b4-2-,13-12+/t19-,20-,21-,22+,24?/m0/s1. The zero-order valence-electron chi connectivity index (χ0n) is 18.3. The van der Waals surface area contributed by atoms with E-state index in [0.29, 0.717) is 19.3 Å². The number of unbranched alkanes of at least 4 members (excludes halogenated alkanes) is 1. The molecule has 0 aromatic heterocycles. The maximum absolute atomic E-state index is 10.6. The summed E-state index contributed by atoms with van der Waals surface area (Å²) in [7, 11) is 3.93. The van der Waals surface area contributed by atoms with Crippen LogP contribution in [0.2, 0.25) is 0 Å². The van der Waals surface area contributed by atoms with Crippen molar-refractivity contribution in [3.8, 4) is 0 Å². The molecule has 0 saturated heterocycles. The van der Waals surface area contributed by atoms with Gasteiger partial charge in [-0.15, -0.1) is 0 Å². The molecule has 0 aliphatic heterocycles. The molecule has 1 aromatic rings. The summed E-state index contributed by atoms with van der Waals surface area (Å²) in [6.45, 7) is 2.05. The van der Waals surface area contributed by atoms with E-state index in [4.69, 9.17) is 5.11 Å². The number of hydrogen-bond donors (Lipinski definition) is 3. The second-order valence-corrected chi connectivity index (χ2v) is 9.37. The van der Waals surface area contributed by atoms with Crippen molar-refractivity contribution in [2.75, 3.05) is 0 Å². The summed E-state index contributed by atoms with van der Waals surface area (Å²) in [5, 5.41) is 29.7. The molecule has 0 bridgehead atoms. The first-order chi connectivity index (χ1) is 14.8. The molecule has 3 N–H and O–H groups in total. The Morgan fingerprint density at radius 1 is 1.35 bits per heavy atom. The van der Waals surface area contributed by atoms with Crippen LogP contribution in [-0.4, -0.2) is 47.0 Å². The van der Waals surface area contributed by atoms with E-state index in [1.807, 2.05) is 24.2 Å². The molecule has 0 spiro atoms. The van der Waals surface area contributed by atoms with Crippen LogP contribution in [0, 0.1) is 24.7 Å². The summed E-state index contributed by atoms with van der Waals surface area (Å²) in [6.07, 6.45) is 11.4. The Hall–Kier alpha value is -1.50. The van der Waals surface area contributed by atoms with Gasteiger partial charge in [0.15, 0.2) is 0 Å². The van der Waals surface area contributed by atoms with Gasteiger partial charge in [0.25, 0.3) is 0 Å². The van der Waals surface area contributed by atoms with Gasteiger partial charge >= 0.3 is 188 Å². The van der Waals surface area contributed by atoms with E-state index >= 15 is 0 Å². The van der Waals surface area contributed by atoms with Crippen molar-refractivity contribution in [2.24, 2.45) is 17.8 Å². The summed E-state index contributed by atoms with van der Waals surface area (Å²) in [4.78, 5) is 10.6. The zero-order chi connectivity index (χ0) is 22.8. The number of halogens is 1. The average molecular weight is 489 g/mol. The predicted molar refractivity (Wildman–Crippen MR) is 132 cm³/mol. The monoisotopic (exact) mass is 488 g/mol. The molecule has 6 heteroatoms. The molecule has 1 saturated carbocycles. The first-order valence-corrected chi connectivity index (χ1v) is 11.9. The second kappa shape index (κ2) is 13.1. The fourth-order valence-electron chi connectivity index (χ4n) is 4.24. The number of aryl methyl sites for hydroxylation is 2. The van der Waals surface area contributed by atoms with Gasteiger partial charge in [0.05, 0.1) is 0 Å². The fraction of sp³-hybridized carbons (Fsp3) is 0.520.